The number of ketones is 2. The minimum atomic E-state index is -1.55. The third-order valence-electron chi connectivity index (χ3n) is 11.4. The van der Waals surface area contributed by atoms with Crippen LogP contribution in [0, 0.1) is 28.6 Å². The van der Waals surface area contributed by atoms with Crippen molar-refractivity contribution >= 4 is 29.4 Å². The quantitative estimate of drug-likeness (QED) is 0.410. The van der Waals surface area contributed by atoms with E-state index < -0.39 is 41.3 Å². The lowest BCUT2D eigenvalue weighted by atomic mass is 9.46. The number of amides is 2. The van der Waals surface area contributed by atoms with Gasteiger partial charge in [0.25, 0.3) is 0 Å². The molecule has 9 nitrogen and oxygen atoms in total. The van der Waals surface area contributed by atoms with E-state index in [0.717, 1.165) is 51.4 Å². The summed E-state index contributed by atoms with van der Waals surface area (Å²) in [5.74, 6) is -0.476. The van der Waals surface area contributed by atoms with Crippen molar-refractivity contribution in [2.75, 3.05) is 13.2 Å². The average molecular weight is 557 g/mol. The Hall–Kier alpha value is -2.55. The normalized spacial score (nSPS) is 39.0. The number of hydrogen-bond acceptors (Lipinski definition) is 7. The lowest BCUT2D eigenvalue weighted by Gasteiger charge is -2.58. The second-order valence-electron chi connectivity index (χ2n) is 13.3. The van der Waals surface area contributed by atoms with Gasteiger partial charge in [-0.2, -0.15) is 0 Å². The Bertz CT molecular complexity index is 1120. The molecule has 0 spiro atoms. The number of rotatable bonds is 7. The maximum Gasteiger partial charge on any atom is 0.306 e. The minimum absolute atomic E-state index is 0.0186. The van der Waals surface area contributed by atoms with E-state index in [1.165, 1.54) is 5.57 Å². The highest BCUT2D eigenvalue weighted by Gasteiger charge is 2.66. The van der Waals surface area contributed by atoms with Crippen LogP contribution in [0.3, 0.4) is 0 Å². The first kappa shape index (κ1) is 29.0. The Morgan fingerprint density at radius 1 is 1.00 bits per heavy atom. The fraction of sp³-hybridized carbons (Fsp3) is 0.774. The van der Waals surface area contributed by atoms with Crippen LogP contribution in [0.1, 0.15) is 97.3 Å². The van der Waals surface area contributed by atoms with Crippen molar-refractivity contribution < 1.29 is 33.8 Å². The monoisotopic (exact) mass is 556 g/mol. The van der Waals surface area contributed by atoms with Crippen molar-refractivity contribution in [1.82, 2.24) is 10.6 Å². The van der Waals surface area contributed by atoms with Gasteiger partial charge in [-0.25, -0.2) is 0 Å². The molecule has 220 valence electrons. The lowest BCUT2D eigenvalue weighted by Crippen LogP contribution is -2.58. The fourth-order valence-electron chi connectivity index (χ4n) is 8.93. The summed E-state index contributed by atoms with van der Waals surface area (Å²) in [5, 5.41) is 17.2. The predicted molar refractivity (Wildman–Crippen MR) is 146 cm³/mol. The molecule has 7 atom stereocenters. The Labute approximate surface area is 236 Å². The summed E-state index contributed by atoms with van der Waals surface area (Å²) in [5.41, 5.74) is -0.827. The van der Waals surface area contributed by atoms with Crippen LogP contribution >= 0.6 is 0 Å². The average Bonchev–Trinajstić information content (AvgIpc) is 3.05. The Kier molecular flexibility index (Phi) is 7.98. The first-order valence-electron chi connectivity index (χ1n) is 15.2. The molecule has 1 saturated heterocycles. The summed E-state index contributed by atoms with van der Waals surface area (Å²) in [7, 11) is 0. The Morgan fingerprint density at radius 2 is 1.77 bits per heavy atom. The topological polar surface area (TPSA) is 139 Å². The zero-order chi connectivity index (χ0) is 28.7. The Morgan fingerprint density at radius 3 is 2.58 bits per heavy atom. The van der Waals surface area contributed by atoms with Gasteiger partial charge in [-0.05, 0) is 93.5 Å². The van der Waals surface area contributed by atoms with Gasteiger partial charge in [0.1, 0.15) is 11.6 Å². The van der Waals surface area contributed by atoms with Crippen LogP contribution in [-0.2, 0) is 28.7 Å². The van der Waals surface area contributed by atoms with Gasteiger partial charge in [0.2, 0.25) is 17.6 Å². The number of carbonyl (C=O) groups is 5. The molecule has 3 N–H and O–H groups in total. The smallest absolute Gasteiger partial charge is 0.306 e. The van der Waals surface area contributed by atoms with Gasteiger partial charge in [0.15, 0.2) is 12.4 Å². The maximum absolute atomic E-state index is 13.4. The van der Waals surface area contributed by atoms with Crippen molar-refractivity contribution in [2.45, 2.75) is 109 Å². The third kappa shape index (κ3) is 5.03. The number of allylic oxidation sites excluding steroid dienone is 1. The van der Waals surface area contributed by atoms with Crippen molar-refractivity contribution in [3.63, 3.8) is 0 Å². The fourth-order valence-corrected chi connectivity index (χ4v) is 8.93. The lowest BCUT2D eigenvalue weighted by molar-refractivity contribution is -0.170. The molecule has 9 heteroatoms. The first-order chi connectivity index (χ1) is 19.0. The molecule has 0 bridgehead atoms. The SMILES string of the molecule is CC12CCC(=O)C=C1CCC1C2CCC2(C)C1CCC2(O)C(=O)COC(=O)CCC(=O)NC1CCCCNC1=O. The van der Waals surface area contributed by atoms with Crippen LogP contribution in [0.2, 0.25) is 0 Å². The largest absolute Gasteiger partial charge is 0.458 e. The van der Waals surface area contributed by atoms with Gasteiger partial charge < -0.3 is 20.5 Å². The molecule has 3 saturated carbocycles. The summed E-state index contributed by atoms with van der Waals surface area (Å²) < 4.78 is 5.24. The molecule has 1 heterocycles. The molecule has 0 aromatic heterocycles. The number of Topliss-reactive ketones (excluding diaryl/α,β-unsaturated/α-hetero) is 1. The maximum atomic E-state index is 13.4. The van der Waals surface area contributed by atoms with E-state index in [-0.39, 0.29) is 35.9 Å². The number of esters is 1. The molecular weight excluding hydrogens is 512 g/mol. The molecule has 40 heavy (non-hydrogen) atoms. The molecule has 2 amide bonds. The van der Waals surface area contributed by atoms with Gasteiger partial charge in [0, 0.05) is 24.8 Å². The molecule has 0 aromatic rings. The highest BCUT2D eigenvalue weighted by atomic mass is 16.5. The van der Waals surface area contributed by atoms with E-state index in [9.17, 15) is 29.1 Å². The summed E-state index contributed by atoms with van der Waals surface area (Å²) in [4.78, 5) is 62.2. The number of ether oxygens (including phenoxy) is 1. The van der Waals surface area contributed by atoms with Gasteiger partial charge >= 0.3 is 5.97 Å². The third-order valence-corrected chi connectivity index (χ3v) is 11.4. The van der Waals surface area contributed by atoms with E-state index in [4.69, 9.17) is 4.74 Å². The van der Waals surface area contributed by atoms with Crippen LogP contribution in [0.4, 0.5) is 0 Å². The zero-order valence-corrected chi connectivity index (χ0v) is 23.9. The number of hydrogen-bond donors (Lipinski definition) is 3. The Balaban J connectivity index is 1.15. The van der Waals surface area contributed by atoms with Gasteiger partial charge in [0.05, 0.1) is 6.42 Å². The standard InChI is InChI=1S/C31H44N2O7/c1-29-13-10-20(34)17-19(29)6-7-21-22(29)11-14-30(2)23(21)12-15-31(30,39)25(35)18-40-27(37)9-8-26(36)33-24-5-3-4-16-32-28(24)38/h17,21-24,39H,3-16,18H2,1-2H3,(H,32,38)(H,33,36). The van der Waals surface area contributed by atoms with Crippen LogP contribution < -0.4 is 10.6 Å². The van der Waals surface area contributed by atoms with Crippen LogP contribution in [-0.4, -0.2) is 59.3 Å². The van der Waals surface area contributed by atoms with E-state index in [2.05, 4.69) is 17.6 Å². The molecule has 1 aliphatic heterocycles. The molecule has 5 aliphatic rings. The summed E-state index contributed by atoms with van der Waals surface area (Å²) in [6, 6.07) is -0.594. The second kappa shape index (κ2) is 11.0. The summed E-state index contributed by atoms with van der Waals surface area (Å²) >= 11 is 0. The van der Waals surface area contributed by atoms with Crippen LogP contribution in [0.15, 0.2) is 11.6 Å². The summed E-state index contributed by atoms with van der Waals surface area (Å²) in [6.07, 6.45) is 9.91. The molecule has 5 rings (SSSR count). The van der Waals surface area contributed by atoms with Crippen LogP contribution in [0.5, 0.6) is 0 Å². The molecule has 0 aromatic carbocycles. The molecule has 0 radical (unpaired) electrons. The van der Waals surface area contributed by atoms with E-state index in [1.54, 1.807) is 0 Å². The van der Waals surface area contributed by atoms with Crippen molar-refractivity contribution in [3.05, 3.63) is 11.6 Å². The highest BCUT2D eigenvalue weighted by molar-refractivity contribution is 5.92. The van der Waals surface area contributed by atoms with Crippen molar-refractivity contribution in [2.24, 2.45) is 28.6 Å². The zero-order valence-electron chi connectivity index (χ0n) is 23.9. The molecular formula is C31H44N2O7. The number of fused-ring (bicyclic) bond motifs is 5. The minimum Gasteiger partial charge on any atom is -0.458 e. The highest BCUT2D eigenvalue weighted by Crippen LogP contribution is 2.67. The molecule has 4 fully saturated rings. The van der Waals surface area contributed by atoms with Crippen LogP contribution in [0.25, 0.3) is 0 Å². The van der Waals surface area contributed by atoms with Crippen molar-refractivity contribution in [3.8, 4) is 0 Å². The number of aliphatic hydroxyl groups is 1. The second-order valence-corrected chi connectivity index (χ2v) is 13.3. The van der Waals surface area contributed by atoms with E-state index in [1.807, 2.05) is 13.0 Å². The van der Waals surface area contributed by atoms with Gasteiger partial charge in [-0.3, -0.25) is 24.0 Å². The van der Waals surface area contributed by atoms with Gasteiger partial charge in [-0.1, -0.05) is 19.4 Å². The predicted octanol–water partition coefficient (Wildman–Crippen LogP) is 2.93. The van der Waals surface area contributed by atoms with E-state index >= 15 is 0 Å². The first-order valence-corrected chi connectivity index (χ1v) is 15.2. The number of carbonyl (C=O) groups excluding carboxylic acids is 5. The van der Waals surface area contributed by atoms with Gasteiger partial charge in [-0.15, -0.1) is 0 Å². The van der Waals surface area contributed by atoms with Crippen molar-refractivity contribution in [1.29, 1.82) is 0 Å². The van der Waals surface area contributed by atoms with E-state index in [0.29, 0.717) is 37.6 Å². The summed E-state index contributed by atoms with van der Waals surface area (Å²) in [6.45, 7) is 4.43. The molecule has 7 unspecified atom stereocenters. The number of nitrogens with one attached hydrogen (secondary N) is 2. The molecule has 4 aliphatic carbocycles.